The van der Waals surface area contributed by atoms with E-state index >= 15 is 0 Å². The number of rotatable bonds is 3. The zero-order valence-electron chi connectivity index (χ0n) is 9.18. The summed E-state index contributed by atoms with van der Waals surface area (Å²) in [5.74, 6) is -0.669. The lowest BCUT2D eigenvalue weighted by Crippen LogP contribution is -2.02. The molecular formula is C13H10FNO2. The highest BCUT2D eigenvalue weighted by Crippen LogP contribution is 2.19. The van der Waals surface area contributed by atoms with E-state index in [1.54, 1.807) is 12.1 Å². The van der Waals surface area contributed by atoms with Gasteiger partial charge in [0.25, 0.3) is 0 Å². The minimum atomic E-state index is -0.549. The molecule has 1 heterocycles. The lowest BCUT2D eigenvalue weighted by molar-refractivity contribution is 0.103. The van der Waals surface area contributed by atoms with Gasteiger partial charge in [-0.25, -0.2) is 4.39 Å². The van der Waals surface area contributed by atoms with E-state index < -0.39 is 5.82 Å². The van der Waals surface area contributed by atoms with Gasteiger partial charge in [-0.2, -0.15) is 0 Å². The summed E-state index contributed by atoms with van der Waals surface area (Å²) in [7, 11) is 1.38. The molecule has 86 valence electrons. The van der Waals surface area contributed by atoms with Gasteiger partial charge in [-0.1, -0.05) is 0 Å². The minimum absolute atomic E-state index is 0.122. The molecule has 0 aliphatic heterocycles. The largest absolute Gasteiger partial charge is 0.494 e. The van der Waals surface area contributed by atoms with Crippen LogP contribution in [0.3, 0.4) is 0 Å². The van der Waals surface area contributed by atoms with Crippen LogP contribution in [0.25, 0.3) is 0 Å². The van der Waals surface area contributed by atoms with Crippen LogP contribution in [0.15, 0.2) is 42.7 Å². The molecule has 0 amide bonds. The third-order valence-corrected chi connectivity index (χ3v) is 2.36. The molecule has 0 N–H and O–H groups in total. The fourth-order valence-electron chi connectivity index (χ4n) is 1.48. The van der Waals surface area contributed by atoms with Gasteiger partial charge in [-0.15, -0.1) is 0 Å². The molecule has 0 aliphatic carbocycles. The number of hydrogen-bond acceptors (Lipinski definition) is 3. The number of ether oxygens (including phenoxy) is 1. The first kappa shape index (κ1) is 11.3. The first-order chi connectivity index (χ1) is 8.22. The van der Waals surface area contributed by atoms with E-state index in [1.807, 2.05) is 0 Å². The summed E-state index contributed by atoms with van der Waals surface area (Å²) in [4.78, 5) is 15.8. The molecule has 0 aliphatic rings. The van der Waals surface area contributed by atoms with Crippen molar-refractivity contribution >= 4 is 5.78 Å². The van der Waals surface area contributed by atoms with Crippen molar-refractivity contribution in [3.05, 3.63) is 59.7 Å². The van der Waals surface area contributed by atoms with Crippen molar-refractivity contribution in [2.75, 3.05) is 7.11 Å². The number of pyridine rings is 1. The number of nitrogens with zero attached hydrogens (tertiary/aromatic N) is 1. The van der Waals surface area contributed by atoms with Gasteiger partial charge in [0.15, 0.2) is 17.3 Å². The van der Waals surface area contributed by atoms with Crippen LogP contribution in [-0.2, 0) is 0 Å². The molecule has 0 fully saturated rings. The molecule has 0 spiro atoms. The maximum Gasteiger partial charge on any atom is 0.193 e. The molecule has 3 nitrogen and oxygen atoms in total. The number of benzene rings is 1. The van der Waals surface area contributed by atoms with Gasteiger partial charge in [-0.05, 0) is 30.3 Å². The van der Waals surface area contributed by atoms with Crippen LogP contribution in [0, 0.1) is 5.82 Å². The van der Waals surface area contributed by atoms with Gasteiger partial charge in [0.05, 0.1) is 7.11 Å². The highest BCUT2D eigenvalue weighted by atomic mass is 19.1. The van der Waals surface area contributed by atoms with E-state index in [1.165, 1.54) is 37.7 Å². The van der Waals surface area contributed by atoms with Crippen molar-refractivity contribution in [3.63, 3.8) is 0 Å². The van der Waals surface area contributed by atoms with Crippen LogP contribution in [0.5, 0.6) is 5.75 Å². The van der Waals surface area contributed by atoms with Gasteiger partial charge in [-0.3, -0.25) is 9.78 Å². The number of aromatic nitrogens is 1. The van der Waals surface area contributed by atoms with Crippen molar-refractivity contribution in [2.24, 2.45) is 0 Å². The summed E-state index contributed by atoms with van der Waals surface area (Å²) in [5.41, 5.74) is 0.763. The minimum Gasteiger partial charge on any atom is -0.494 e. The Bertz CT molecular complexity index is 540. The molecule has 2 rings (SSSR count). The third-order valence-electron chi connectivity index (χ3n) is 2.36. The zero-order valence-corrected chi connectivity index (χ0v) is 9.18. The highest BCUT2D eigenvalue weighted by Gasteiger charge is 2.11. The first-order valence-electron chi connectivity index (χ1n) is 5.00. The summed E-state index contributed by atoms with van der Waals surface area (Å²) in [6.07, 6.45) is 3.04. The molecule has 4 heteroatoms. The number of hydrogen-bond donors (Lipinski definition) is 0. The molecule has 0 saturated heterocycles. The summed E-state index contributed by atoms with van der Waals surface area (Å²) in [5, 5.41) is 0. The third kappa shape index (κ3) is 2.30. The summed E-state index contributed by atoms with van der Waals surface area (Å²) in [6, 6.07) is 7.31. The van der Waals surface area contributed by atoms with Crippen molar-refractivity contribution < 1.29 is 13.9 Å². The normalized spacial score (nSPS) is 10.0. The van der Waals surface area contributed by atoms with E-state index in [0.29, 0.717) is 5.56 Å². The predicted octanol–water partition coefficient (Wildman–Crippen LogP) is 2.46. The van der Waals surface area contributed by atoms with E-state index in [0.717, 1.165) is 0 Å². The Balaban J connectivity index is 2.35. The Morgan fingerprint density at radius 2 is 1.88 bits per heavy atom. The van der Waals surface area contributed by atoms with Gasteiger partial charge >= 0.3 is 0 Å². The second-order valence-corrected chi connectivity index (χ2v) is 3.41. The van der Waals surface area contributed by atoms with Crippen LogP contribution in [0.2, 0.25) is 0 Å². The monoisotopic (exact) mass is 231 g/mol. The lowest BCUT2D eigenvalue weighted by atomic mass is 10.0. The molecule has 0 unspecified atom stereocenters. The number of methoxy groups -OCH3 is 1. The Labute approximate surface area is 97.9 Å². The van der Waals surface area contributed by atoms with Crippen molar-refractivity contribution in [1.29, 1.82) is 0 Å². The van der Waals surface area contributed by atoms with Crippen LogP contribution in [0.1, 0.15) is 15.9 Å². The Kier molecular flexibility index (Phi) is 3.14. The van der Waals surface area contributed by atoms with Gasteiger partial charge in [0.2, 0.25) is 0 Å². The summed E-state index contributed by atoms with van der Waals surface area (Å²) < 4.78 is 18.2. The molecule has 0 radical (unpaired) electrons. The lowest BCUT2D eigenvalue weighted by Gasteiger charge is -2.04. The van der Waals surface area contributed by atoms with Gasteiger partial charge < -0.3 is 4.74 Å². The smallest absolute Gasteiger partial charge is 0.193 e. The predicted molar refractivity (Wildman–Crippen MR) is 60.6 cm³/mol. The maximum atomic E-state index is 13.4. The molecule has 1 aromatic carbocycles. The standard InChI is InChI=1S/C13H10FNO2/c1-17-12-3-2-10(8-11(12)14)13(16)9-4-6-15-7-5-9/h2-8H,1H3. The van der Waals surface area contributed by atoms with E-state index in [4.69, 9.17) is 4.74 Å². The second kappa shape index (κ2) is 4.74. The zero-order chi connectivity index (χ0) is 12.3. The summed E-state index contributed by atoms with van der Waals surface area (Å²) in [6.45, 7) is 0. The topological polar surface area (TPSA) is 39.2 Å². The highest BCUT2D eigenvalue weighted by molar-refractivity contribution is 6.08. The van der Waals surface area contributed by atoms with Crippen LogP contribution in [-0.4, -0.2) is 17.9 Å². The van der Waals surface area contributed by atoms with Crippen LogP contribution < -0.4 is 4.74 Å². The second-order valence-electron chi connectivity index (χ2n) is 3.41. The molecule has 0 atom stereocenters. The van der Waals surface area contributed by atoms with Crippen molar-refractivity contribution in [2.45, 2.75) is 0 Å². The molecule has 17 heavy (non-hydrogen) atoms. The number of ketones is 1. The van der Waals surface area contributed by atoms with Crippen LogP contribution in [0.4, 0.5) is 4.39 Å². The molecule has 1 aromatic heterocycles. The maximum absolute atomic E-state index is 13.4. The van der Waals surface area contributed by atoms with E-state index in [-0.39, 0.29) is 17.1 Å². The molecule has 0 bridgehead atoms. The Hall–Kier alpha value is -2.23. The van der Waals surface area contributed by atoms with Gasteiger partial charge in [0.1, 0.15) is 0 Å². The van der Waals surface area contributed by atoms with Gasteiger partial charge in [0, 0.05) is 23.5 Å². The SMILES string of the molecule is COc1ccc(C(=O)c2ccncc2)cc1F. The van der Waals surface area contributed by atoms with Crippen molar-refractivity contribution in [1.82, 2.24) is 4.98 Å². The Morgan fingerprint density at radius 3 is 2.47 bits per heavy atom. The molecule has 2 aromatic rings. The molecule has 0 saturated carbocycles. The number of carbonyl (C=O) groups excluding carboxylic acids is 1. The first-order valence-corrected chi connectivity index (χ1v) is 5.00. The quantitative estimate of drug-likeness (QED) is 0.762. The fourth-order valence-corrected chi connectivity index (χ4v) is 1.48. The number of halogens is 1. The van der Waals surface area contributed by atoms with E-state index in [2.05, 4.69) is 4.98 Å². The average Bonchev–Trinajstić information content (AvgIpc) is 2.39. The molecular weight excluding hydrogens is 221 g/mol. The van der Waals surface area contributed by atoms with Crippen LogP contribution >= 0.6 is 0 Å². The average molecular weight is 231 g/mol. The number of carbonyl (C=O) groups is 1. The summed E-state index contributed by atoms with van der Waals surface area (Å²) >= 11 is 0. The fraction of sp³-hybridized carbons (Fsp3) is 0.0769. The van der Waals surface area contributed by atoms with E-state index in [9.17, 15) is 9.18 Å². The van der Waals surface area contributed by atoms with Crippen molar-refractivity contribution in [3.8, 4) is 5.75 Å². The Morgan fingerprint density at radius 1 is 1.18 bits per heavy atom.